The van der Waals surface area contributed by atoms with Gasteiger partial charge in [0, 0.05) is 25.3 Å². The van der Waals surface area contributed by atoms with Crippen molar-refractivity contribution in [2.24, 2.45) is 0 Å². The lowest BCUT2D eigenvalue weighted by atomic mass is 9.90. The molecule has 6 rings (SSSR count). The molecule has 0 spiro atoms. The van der Waals surface area contributed by atoms with Crippen LogP contribution in [0.25, 0.3) is 10.2 Å². The third kappa shape index (κ3) is 4.46. The van der Waals surface area contributed by atoms with Crippen molar-refractivity contribution in [2.75, 3.05) is 41.8 Å². The summed E-state index contributed by atoms with van der Waals surface area (Å²) in [4.78, 5) is 40.3. The minimum atomic E-state index is -0.365. The Hall–Kier alpha value is -3.80. The average molecular weight is 512 g/mol. The van der Waals surface area contributed by atoms with Gasteiger partial charge in [-0.25, -0.2) is 19.7 Å². The summed E-state index contributed by atoms with van der Waals surface area (Å²) in [6, 6.07) is 13.3. The van der Waals surface area contributed by atoms with E-state index >= 15 is 0 Å². The second-order valence-corrected chi connectivity index (χ2v) is 10.3. The minimum Gasteiger partial charge on any atom is -0.379 e. The van der Waals surface area contributed by atoms with E-state index < -0.39 is 0 Å². The summed E-state index contributed by atoms with van der Waals surface area (Å²) in [6.45, 7) is 6.24. The lowest BCUT2D eigenvalue weighted by Crippen LogP contribution is -2.35. The first-order valence-corrected chi connectivity index (χ1v) is 13.0. The molecule has 9 nitrogen and oxygen atoms in total. The number of hydrogen-bond acceptors (Lipinski definition) is 7. The van der Waals surface area contributed by atoms with Gasteiger partial charge >= 0.3 is 6.03 Å². The quantitative estimate of drug-likeness (QED) is 0.399. The van der Waals surface area contributed by atoms with Gasteiger partial charge in [0.2, 0.25) is 0 Å². The molecule has 2 aromatic carbocycles. The minimum absolute atomic E-state index is 0.301. The zero-order valence-electron chi connectivity index (χ0n) is 20.6. The van der Waals surface area contributed by atoms with Gasteiger partial charge < -0.3 is 15.4 Å². The van der Waals surface area contributed by atoms with Gasteiger partial charge in [0.05, 0.1) is 30.0 Å². The van der Waals surface area contributed by atoms with Crippen LogP contribution >= 0.6 is 11.3 Å². The molecule has 1 fully saturated rings. The highest BCUT2D eigenvalue weighted by Gasteiger charge is 2.34. The number of nitrogens with one attached hydrogen (secondary N) is 2. The average Bonchev–Trinajstić information content (AvgIpc) is 3.27. The van der Waals surface area contributed by atoms with E-state index in [1.165, 1.54) is 28.1 Å². The Morgan fingerprint density at radius 1 is 1.16 bits per heavy atom. The number of rotatable bonds is 5. The van der Waals surface area contributed by atoms with Crippen molar-refractivity contribution in [3.8, 4) is 0 Å². The fourth-order valence-electron chi connectivity index (χ4n) is 4.63. The Morgan fingerprint density at radius 2 is 1.95 bits per heavy atom. The molecular formula is C26H25BN6O3S. The molecule has 0 radical (unpaired) electrons. The molecule has 11 heteroatoms. The first-order chi connectivity index (χ1) is 18.0. The maximum Gasteiger partial charge on any atom is 0.332 e. The van der Waals surface area contributed by atoms with Crippen molar-refractivity contribution < 1.29 is 14.3 Å². The van der Waals surface area contributed by atoms with Crippen LogP contribution in [0, 0.1) is 6.92 Å². The van der Waals surface area contributed by atoms with Crippen molar-refractivity contribution in [1.29, 1.82) is 0 Å². The van der Waals surface area contributed by atoms with Crippen molar-refractivity contribution in [2.45, 2.75) is 13.5 Å². The van der Waals surface area contributed by atoms with Gasteiger partial charge in [-0.3, -0.25) is 9.69 Å². The van der Waals surface area contributed by atoms with E-state index in [0.717, 1.165) is 43.9 Å². The zero-order chi connectivity index (χ0) is 25.5. The van der Waals surface area contributed by atoms with Crippen LogP contribution in [-0.2, 0) is 11.3 Å². The van der Waals surface area contributed by atoms with Crippen LogP contribution in [0.1, 0.15) is 20.8 Å². The molecule has 2 aliphatic heterocycles. The van der Waals surface area contributed by atoms with Crippen LogP contribution in [0.15, 0.2) is 48.8 Å². The normalized spacial score (nSPS) is 15.6. The van der Waals surface area contributed by atoms with Gasteiger partial charge in [0.25, 0.3) is 5.91 Å². The summed E-state index contributed by atoms with van der Waals surface area (Å²) in [5.74, 6) is 0.166. The number of hydrogen-bond donors (Lipinski definition) is 2. The third-order valence-corrected chi connectivity index (χ3v) is 7.89. The monoisotopic (exact) mass is 512 g/mol. The molecule has 186 valence electrons. The van der Waals surface area contributed by atoms with Gasteiger partial charge in [-0.2, -0.15) is 0 Å². The number of aromatic nitrogens is 2. The number of ether oxygens (including phenoxy) is 1. The van der Waals surface area contributed by atoms with E-state index in [-0.39, 0.29) is 11.9 Å². The summed E-state index contributed by atoms with van der Waals surface area (Å²) < 4.78 is 5.41. The van der Waals surface area contributed by atoms with E-state index in [2.05, 4.69) is 25.5 Å². The van der Waals surface area contributed by atoms with Crippen LogP contribution < -0.4 is 21.0 Å². The molecule has 0 saturated carbocycles. The summed E-state index contributed by atoms with van der Waals surface area (Å²) in [5, 5.41) is 6.55. The fourth-order valence-corrected chi connectivity index (χ4v) is 5.62. The van der Waals surface area contributed by atoms with Crippen molar-refractivity contribution in [3.05, 3.63) is 64.8 Å². The number of amides is 3. The Kier molecular flexibility index (Phi) is 6.11. The topological polar surface area (TPSA) is 99.7 Å². The highest BCUT2D eigenvalue weighted by atomic mass is 32.1. The lowest BCUT2D eigenvalue weighted by molar-refractivity contribution is 0.0342. The molecule has 37 heavy (non-hydrogen) atoms. The zero-order valence-corrected chi connectivity index (χ0v) is 21.4. The first-order valence-electron chi connectivity index (χ1n) is 12.1. The molecule has 2 N–H and O–H groups in total. The first kappa shape index (κ1) is 23.6. The Labute approximate surface area is 218 Å². The van der Waals surface area contributed by atoms with Crippen LogP contribution in [-0.4, -0.2) is 61.0 Å². The number of carbonyl (C=O) groups is 2. The summed E-state index contributed by atoms with van der Waals surface area (Å²) >= 11 is 1.24. The number of urea groups is 1. The van der Waals surface area contributed by atoms with E-state index in [0.29, 0.717) is 38.0 Å². The Morgan fingerprint density at radius 3 is 2.70 bits per heavy atom. The van der Waals surface area contributed by atoms with E-state index in [1.54, 1.807) is 0 Å². The van der Waals surface area contributed by atoms with Gasteiger partial charge in [0.1, 0.15) is 23.9 Å². The summed E-state index contributed by atoms with van der Waals surface area (Å²) in [6.07, 6.45) is 1.43. The van der Waals surface area contributed by atoms with Crippen LogP contribution in [0.5, 0.6) is 0 Å². The predicted octanol–water partition coefficient (Wildman–Crippen LogP) is 3.03. The molecule has 0 unspecified atom stereocenters. The van der Waals surface area contributed by atoms with E-state index in [1.807, 2.05) is 57.2 Å². The predicted molar refractivity (Wildman–Crippen MR) is 148 cm³/mol. The molecular weight excluding hydrogens is 487 g/mol. The SMILES string of the molecule is Bc1cc(N2C(=O)Nc3c(C(=O)Nc4ccc(CN5CCOCC5)cc4)sc4ncnc2c34)ccc1C. The molecule has 1 saturated heterocycles. The Balaban J connectivity index is 1.27. The molecule has 0 atom stereocenters. The number of nitrogens with zero attached hydrogens (tertiary/aromatic N) is 4. The second-order valence-electron chi connectivity index (χ2n) is 9.26. The molecule has 4 aromatic rings. The maximum atomic E-state index is 13.3. The fraction of sp³-hybridized carbons (Fsp3) is 0.231. The molecule has 4 heterocycles. The number of thiophene rings is 1. The number of morpholine rings is 1. The molecule has 0 bridgehead atoms. The molecule has 2 aliphatic rings. The smallest absolute Gasteiger partial charge is 0.332 e. The number of aryl methyl sites for hydroxylation is 1. The van der Waals surface area contributed by atoms with Crippen LogP contribution in [0.4, 0.5) is 27.7 Å². The van der Waals surface area contributed by atoms with Crippen molar-refractivity contribution in [1.82, 2.24) is 14.9 Å². The maximum absolute atomic E-state index is 13.3. The second kappa shape index (κ2) is 9.58. The van der Waals surface area contributed by atoms with E-state index in [4.69, 9.17) is 4.74 Å². The largest absolute Gasteiger partial charge is 0.379 e. The van der Waals surface area contributed by atoms with Crippen molar-refractivity contribution >= 4 is 69.7 Å². The lowest BCUT2D eigenvalue weighted by Gasteiger charge is -2.27. The third-order valence-electron chi connectivity index (χ3n) is 6.79. The molecule has 2 aromatic heterocycles. The summed E-state index contributed by atoms with van der Waals surface area (Å²) in [5.41, 5.74) is 5.23. The van der Waals surface area contributed by atoms with Crippen molar-refractivity contribution in [3.63, 3.8) is 0 Å². The number of benzene rings is 2. The molecule has 0 aliphatic carbocycles. The van der Waals surface area contributed by atoms with Gasteiger partial charge in [0.15, 0.2) is 5.82 Å². The van der Waals surface area contributed by atoms with Gasteiger partial charge in [-0.05, 0) is 36.8 Å². The van der Waals surface area contributed by atoms with Crippen LogP contribution in [0.3, 0.4) is 0 Å². The standard InChI is InChI=1S/C26H25BN6O3S/c1-15-2-7-18(12-19(15)27)33-23-20-21(31-26(33)35)22(37-25(20)29-14-28-23)24(34)30-17-5-3-16(4-6-17)13-32-8-10-36-11-9-32/h2-7,12,14H,8-11,13,27H2,1H3,(H,30,34)(H,31,35). The number of carbonyl (C=O) groups excluding carboxylic acids is 2. The highest BCUT2D eigenvalue weighted by Crippen LogP contribution is 2.44. The molecule has 3 amide bonds. The van der Waals surface area contributed by atoms with E-state index in [9.17, 15) is 9.59 Å². The van der Waals surface area contributed by atoms with Crippen LogP contribution in [0.2, 0.25) is 0 Å². The highest BCUT2D eigenvalue weighted by molar-refractivity contribution is 7.21. The van der Waals surface area contributed by atoms with Gasteiger partial charge in [-0.1, -0.05) is 29.2 Å². The summed E-state index contributed by atoms with van der Waals surface area (Å²) in [7, 11) is 2.00. The van der Waals surface area contributed by atoms with Gasteiger partial charge in [-0.15, -0.1) is 11.3 Å². The Bertz CT molecular complexity index is 1520. The number of anilines is 4.